The number of nitrogens with zero attached hydrogens (tertiary/aromatic N) is 2. The predicted octanol–water partition coefficient (Wildman–Crippen LogP) is 3.90. The van der Waals surface area contributed by atoms with Crippen LogP contribution in [-0.4, -0.2) is 55.1 Å². The van der Waals surface area contributed by atoms with E-state index in [2.05, 4.69) is 30.1 Å². The molecular formula is C25H32N2O3. The third-order valence-corrected chi connectivity index (χ3v) is 6.64. The van der Waals surface area contributed by atoms with Crippen LogP contribution in [0.3, 0.4) is 0 Å². The van der Waals surface area contributed by atoms with Crippen LogP contribution in [0.25, 0.3) is 0 Å². The summed E-state index contributed by atoms with van der Waals surface area (Å²) in [7, 11) is 5.76. The van der Waals surface area contributed by atoms with Gasteiger partial charge in [0.15, 0.2) is 0 Å². The Labute approximate surface area is 179 Å². The Bertz CT molecular complexity index is 889. The number of hydrogen-bond acceptors (Lipinski definition) is 4. The van der Waals surface area contributed by atoms with Crippen LogP contribution < -0.4 is 9.47 Å². The SMILES string of the molecule is COc1ccccc1CC(=O)N(C)C1CCC2(CC1)CN(C)Cc1ccccc1O2. The number of carbonyl (C=O) groups is 1. The number of amides is 1. The van der Waals surface area contributed by atoms with Crippen LogP contribution >= 0.6 is 0 Å². The van der Waals surface area contributed by atoms with Crippen molar-refractivity contribution in [3.05, 3.63) is 59.7 Å². The third-order valence-electron chi connectivity index (χ3n) is 6.64. The molecule has 2 aromatic carbocycles. The molecule has 1 heterocycles. The Hall–Kier alpha value is -2.53. The van der Waals surface area contributed by atoms with Crippen molar-refractivity contribution in [1.82, 2.24) is 9.80 Å². The minimum Gasteiger partial charge on any atom is -0.496 e. The second-order valence-electron chi connectivity index (χ2n) is 8.79. The molecule has 4 rings (SSSR count). The number of methoxy groups -OCH3 is 1. The fraction of sp³-hybridized carbons (Fsp3) is 0.480. The van der Waals surface area contributed by atoms with Crippen LogP contribution in [0, 0.1) is 0 Å². The van der Waals surface area contributed by atoms with Gasteiger partial charge in [0, 0.05) is 37.3 Å². The molecule has 1 spiro atoms. The van der Waals surface area contributed by atoms with E-state index in [1.54, 1.807) is 7.11 Å². The number of benzene rings is 2. The normalized spacial score (nSPS) is 23.9. The summed E-state index contributed by atoms with van der Waals surface area (Å²) in [5.41, 5.74) is 2.03. The highest BCUT2D eigenvalue weighted by Gasteiger charge is 2.41. The number of para-hydroxylation sites is 2. The molecular weight excluding hydrogens is 376 g/mol. The first-order valence-electron chi connectivity index (χ1n) is 10.8. The summed E-state index contributed by atoms with van der Waals surface area (Å²) in [5.74, 6) is 1.93. The number of fused-ring (bicyclic) bond motifs is 1. The Morgan fingerprint density at radius 2 is 1.87 bits per heavy atom. The molecule has 1 saturated carbocycles. The molecule has 0 atom stereocenters. The minimum absolute atomic E-state index is 0.143. The van der Waals surface area contributed by atoms with Gasteiger partial charge in [0.1, 0.15) is 17.1 Å². The van der Waals surface area contributed by atoms with E-state index < -0.39 is 0 Å². The van der Waals surface area contributed by atoms with Crippen LogP contribution in [-0.2, 0) is 17.8 Å². The van der Waals surface area contributed by atoms with Gasteiger partial charge < -0.3 is 14.4 Å². The zero-order valence-corrected chi connectivity index (χ0v) is 18.3. The topological polar surface area (TPSA) is 42.0 Å². The second kappa shape index (κ2) is 8.68. The van der Waals surface area contributed by atoms with Crippen molar-refractivity contribution in [2.24, 2.45) is 0 Å². The lowest BCUT2D eigenvalue weighted by molar-refractivity contribution is -0.133. The van der Waals surface area contributed by atoms with Gasteiger partial charge in [-0.1, -0.05) is 36.4 Å². The summed E-state index contributed by atoms with van der Waals surface area (Å²) in [6.07, 6.45) is 4.22. The maximum Gasteiger partial charge on any atom is 0.227 e. The molecule has 0 aromatic heterocycles. The number of ether oxygens (including phenoxy) is 2. The van der Waals surface area contributed by atoms with Gasteiger partial charge in [0.2, 0.25) is 5.91 Å². The molecule has 0 radical (unpaired) electrons. The number of rotatable bonds is 4. The molecule has 2 aliphatic rings. The predicted molar refractivity (Wildman–Crippen MR) is 118 cm³/mol. The minimum atomic E-state index is -0.162. The number of carbonyl (C=O) groups excluding carboxylic acids is 1. The fourth-order valence-corrected chi connectivity index (χ4v) is 4.95. The average molecular weight is 409 g/mol. The lowest BCUT2D eigenvalue weighted by Gasteiger charge is -2.43. The summed E-state index contributed by atoms with van der Waals surface area (Å²) in [6.45, 7) is 1.84. The Morgan fingerprint density at radius 1 is 1.17 bits per heavy atom. The summed E-state index contributed by atoms with van der Waals surface area (Å²) < 4.78 is 12.0. The molecule has 160 valence electrons. The smallest absolute Gasteiger partial charge is 0.227 e. The standard InChI is InChI=1S/C25H32N2O3/c1-26-17-20-9-5-7-11-23(20)30-25(18-26)14-12-21(13-15-25)27(2)24(28)16-19-8-4-6-10-22(19)29-3/h4-11,21H,12-18H2,1-3H3. The summed E-state index contributed by atoms with van der Waals surface area (Å²) in [5, 5.41) is 0. The fourth-order valence-electron chi connectivity index (χ4n) is 4.95. The van der Waals surface area contributed by atoms with Gasteiger partial charge in [0.05, 0.1) is 13.5 Å². The Balaban J connectivity index is 1.41. The van der Waals surface area contributed by atoms with Gasteiger partial charge in [-0.3, -0.25) is 9.69 Å². The first kappa shape index (κ1) is 20.7. The van der Waals surface area contributed by atoms with Crippen LogP contribution in [0.15, 0.2) is 48.5 Å². The van der Waals surface area contributed by atoms with Gasteiger partial charge in [-0.05, 0) is 44.9 Å². The highest BCUT2D eigenvalue weighted by atomic mass is 16.5. The lowest BCUT2D eigenvalue weighted by atomic mass is 9.81. The molecule has 0 saturated heterocycles. The summed E-state index contributed by atoms with van der Waals surface area (Å²) in [6, 6.07) is 16.4. The zero-order valence-electron chi connectivity index (χ0n) is 18.3. The van der Waals surface area contributed by atoms with E-state index in [1.165, 1.54) is 5.56 Å². The second-order valence-corrected chi connectivity index (χ2v) is 8.79. The first-order chi connectivity index (χ1) is 14.5. The molecule has 0 bridgehead atoms. The van der Waals surface area contributed by atoms with Gasteiger partial charge in [-0.2, -0.15) is 0 Å². The van der Waals surface area contributed by atoms with Gasteiger partial charge in [-0.25, -0.2) is 0 Å². The Morgan fingerprint density at radius 3 is 2.63 bits per heavy atom. The van der Waals surface area contributed by atoms with E-state index in [0.29, 0.717) is 6.42 Å². The number of likely N-dealkylation sites (N-methyl/N-ethyl adjacent to an activating group) is 2. The molecule has 2 aromatic rings. The monoisotopic (exact) mass is 408 g/mol. The molecule has 30 heavy (non-hydrogen) atoms. The average Bonchev–Trinajstić information content (AvgIpc) is 2.89. The lowest BCUT2D eigenvalue weighted by Crippen LogP contribution is -2.51. The van der Waals surface area contributed by atoms with E-state index in [1.807, 2.05) is 42.3 Å². The van der Waals surface area contributed by atoms with Crippen molar-refractivity contribution >= 4 is 5.91 Å². The third kappa shape index (κ3) is 4.31. The zero-order chi connectivity index (χ0) is 21.1. The molecule has 0 unspecified atom stereocenters. The molecule has 1 amide bonds. The molecule has 5 heteroatoms. The summed E-state index contributed by atoms with van der Waals surface area (Å²) >= 11 is 0. The molecule has 0 N–H and O–H groups in total. The maximum absolute atomic E-state index is 12.9. The van der Waals surface area contributed by atoms with Crippen LogP contribution in [0.2, 0.25) is 0 Å². The molecule has 1 fully saturated rings. The number of hydrogen-bond donors (Lipinski definition) is 0. The maximum atomic E-state index is 12.9. The molecule has 1 aliphatic heterocycles. The quantitative estimate of drug-likeness (QED) is 0.769. The van der Waals surface area contributed by atoms with Crippen molar-refractivity contribution in [3.8, 4) is 11.5 Å². The molecule has 5 nitrogen and oxygen atoms in total. The van der Waals surface area contributed by atoms with E-state index in [0.717, 1.165) is 55.8 Å². The van der Waals surface area contributed by atoms with E-state index in [9.17, 15) is 4.79 Å². The van der Waals surface area contributed by atoms with Crippen LogP contribution in [0.4, 0.5) is 0 Å². The van der Waals surface area contributed by atoms with Crippen molar-refractivity contribution in [1.29, 1.82) is 0 Å². The summed E-state index contributed by atoms with van der Waals surface area (Å²) in [4.78, 5) is 17.3. The van der Waals surface area contributed by atoms with E-state index >= 15 is 0 Å². The van der Waals surface area contributed by atoms with Crippen LogP contribution in [0.5, 0.6) is 11.5 Å². The Kier molecular flexibility index (Phi) is 6.00. The molecule has 1 aliphatic carbocycles. The van der Waals surface area contributed by atoms with Crippen LogP contribution in [0.1, 0.15) is 36.8 Å². The van der Waals surface area contributed by atoms with Crippen molar-refractivity contribution < 1.29 is 14.3 Å². The van der Waals surface area contributed by atoms with E-state index in [-0.39, 0.29) is 17.6 Å². The highest BCUT2D eigenvalue weighted by Crippen LogP contribution is 2.39. The van der Waals surface area contributed by atoms with Gasteiger partial charge in [0.25, 0.3) is 0 Å². The van der Waals surface area contributed by atoms with E-state index in [4.69, 9.17) is 9.47 Å². The highest BCUT2D eigenvalue weighted by molar-refractivity contribution is 5.79. The first-order valence-corrected chi connectivity index (χ1v) is 10.8. The van der Waals surface area contributed by atoms with Crippen molar-refractivity contribution in [2.75, 3.05) is 27.7 Å². The van der Waals surface area contributed by atoms with Gasteiger partial charge >= 0.3 is 0 Å². The van der Waals surface area contributed by atoms with Crippen molar-refractivity contribution in [3.63, 3.8) is 0 Å². The van der Waals surface area contributed by atoms with Crippen molar-refractivity contribution in [2.45, 2.75) is 50.3 Å². The largest absolute Gasteiger partial charge is 0.496 e. The van der Waals surface area contributed by atoms with Gasteiger partial charge in [-0.15, -0.1) is 0 Å².